The number of benzene rings is 1. The molecule has 1 amide bonds. The Kier molecular flexibility index (Phi) is 5.54. The van der Waals surface area contributed by atoms with Gasteiger partial charge in [-0.05, 0) is 31.4 Å². The average Bonchev–Trinajstić information content (AvgIpc) is 3.02. The number of aromatic nitrogens is 1. The van der Waals surface area contributed by atoms with Gasteiger partial charge in [-0.1, -0.05) is 31.0 Å². The van der Waals surface area contributed by atoms with Crippen LogP contribution in [-0.4, -0.2) is 60.0 Å². The van der Waals surface area contributed by atoms with E-state index in [1.807, 2.05) is 6.07 Å². The van der Waals surface area contributed by atoms with Crippen LogP contribution in [0.1, 0.15) is 44.6 Å². The van der Waals surface area contributed by atoms with Crippen molar-refractivity contribution in [1.29, 1.82) is 0 Å². The van der Waals surface area contributed by atoms with E-state index in [-0.39, 0.29) is 5.91 Å². The van der Waals surface area contributed by atoms with E-state index in [9.17, 15) is 4.79 Å². The smallest absolute Gasteiger partial charge is 0.219 e. The molecule has 1 aromatic heterocycles. The van der Waals surface area contributed by atoms with Gasteiger partial charge in [-0.3, -0.25) is 9.69 Å². The number of para-hydroxylation sites is 1. The lowest BCUT2D eigenvalue weighted by Crippen LogP contribution is -2.48. The summed E-state index contributed by atoms with van der Waals surface area (Å²) in [5.41, 5.74) is 2.32. The quantitative estimate of drug-likeness (QED) is 0.815. The van der Waals surface area contributed by atoms with Crippen molar-refractivity contribution in [2.75, 3.05) is 32.1 Å². The third kappa shape index (κ3) is 3.72. The van der Waals surface area contributed by atoms with Crippen molar-refractivity contribution in [1.82, 2.24) is 14.8 Å². The Balaban J connectivity index is 1.63. The molecular weight excluding hydrogens is 348 g/mol. The Bertz CT molecular complexity index is 850. The summed E-state index contributed by atoms with van der Waals surface area (Å²) in [7, 11) is 4.14. The zero-order valence-corrected chi connectivity index (χ0v) is 17.4. The van der Waals surface area contributed by atoms with Gasteiger partial charge in [-0.25, -0.2) is 4.98 Å². The SMILES string of the molecule is CC(=O)N1CCCCC[C@@H]2[C@@H]1CCN2Cc1cc2ccccc2nc1N(C)C. The molecule has 4 rings (SSSR count). The molecule has 3 heterocycles. The van der Waals surface area contributed by atoms with Gasteiger partial charge >= 0.3 is 0 Å². The van der Waals surface area contributed by atoms with Crippen LogP contribution in [0.2, 0.25) is 0 Å². The molecule has 0 saturated carbocycles. The maximum atomic E-state index is 12.3. The number of anilines is 1. The molecule has 0 spiro atoms. The summed E-state index contributed by atoms with van der Waals surface area (Å²) in [6.07, 6.45) is 5.90. The number of rotatable bonds is 3. The molecule has 0 unspecified atom stereocenters. The first-order chi connectivity index (χ1) is 13.5. The van der Waals surface area contributed by atoms with Crippen LogP contribution >= 0.6 is 0 Å². The maximum absolute atomic E-state index is 12.3. The van der Waals surface area contributed by atoms with Crippen LogP contribution in [0, 0.1) is 0 Å². The average molecular weight is 381 g/mol. The number of hydrogen-bond donors (Lipinski definition) is 0. The highest BCUT2D eigenvalue weighted by Gasteiger charge is 2.39. The minimum Gasteiger partial charge on any atom is -0.362 e. The Morgan fingerprint density at radius 3 is 2.71 bits per heavy atom. The first-order valence-corrected chi connectivity index (χ1v) is 10.6. The van der Waals surface area contributed by atoms with Gasteiger partial charge in [0.05, 0.1) is 5.52 Å². The molecule has 2 saturated heterocycles. The van der Waals surface area contributed by atoms with E-state index in [1.54, 1.807) is 6.92 Å². The van der Waals surface area contributed by atoms with Crippen LogP contribution < -0.4 is 4.90 Å². The lowest BCUT2D eigenvalue weighted by atomic mass is 9.97. The van der Waals surface area contributed by atoms with E-state index in [0.29, 0.717) is 12.1 Å². The number of amides is 1. The number of hydrogen-bond acceptors (Lipinski definition) is 4. The molecule has 150 valence electrons. The number of carbonyl (C=O) groups is 1. The summed E-state index contributed by atoms with van der Waals surface area (Å²) in [6, 6.07) is 11.5. The van der Waals surface area contributed by atoms with Crippen molar-refractivity contribution in [3.63, 3.8) is 0 Å². The molecule has 2 fully saturated rings. The predicted molar refractivity (Wildman–Crippen MR) is 115 cm³/mol. The number of fused-ring (bicyclic) bond motifs is 2. The van der Waals surface area contributed by atoms with Gasteiger partial charge in [-0.2, -0.15) is 0 Å². The number of nitrogens with zero attached hydrogens (tertiary/aromatic N) is 4. The molecule has 5 heteroatoms. The molecule has 2 atom stereocenters. The second-order valence-corrected chi connectivity index (χ2v) is 8.51. The summed E-state index contributed by atoms with van der Waals surface area (Å²) in [4.78, 5) is 24.1. The first-order valence-electron chi connectivity index (χ1n) is 10.6. The van der Waals surface area contributed by atoms with Crippen molar-refractivity contribution in [2.24, 2.45) is 0 Å². The highest BCUT2D eigenvalue weighted by Crippen LogP contribution is 2.33. The van der Waals surface area contributed by atoms with Gasteiger partial charge in [0, 0.05) is 63.7 Å². The zero-order valence-electron chi connectivity index (χ0n) is 17.4. The van der Waals surface area contributed by atoms with Gasteiger partial charge < -0.3 is 9.80 Å². The summed E-state index contributed by atoms with van der Waals surface area (Å²) in [5, 5.41) is 1.20. The Morgan fingerprint density at radius 2 is 1.93 bits per heavy atom. The second-order valence-electron chi connectivity index (χ2n) is 8.51. The predicted octanol–water partition coefficient (Wildman–Crippen LogP) is 3.67. The van der Waals surface area contributed by atoms with E-state index in [0.717, 1.165) is 43.8 Å². The minimum absolute atomic E-state index is 0.236. The van der Waals surface area contributed by atoms with Crippen LogP contribution in [-0.2, 0) is 11.3 Å². The molecule has 28 heavy (non-hydrogen) atoms. The minimum atomic E-state index is 0.236. The van der Waals surface area contributed by atoms with Crippen LogP contribution in [0.25, 0.3) is 10.9 Å². The van der Waals surface area contributed by atoms with Crippen molar-refractivity contribution < 1.29 is 4.79 Å². The summed E-state index contributed by atoms with van der Waals surface area (Å²) in [5.74, 6) is 1.29. The number of likely N-dealkylation sites (tertiary alicyclic amines) is 2. The molecule has 0 radical (unpaired) electrons. The van der Waals surface area contributed by atoms with Gasteiger partial charge in [0.25, 0.3) is 0 Å². The Morgan fingerprint density at radius 1 is 1.11 bits per heavy atom. The van der Waals surface area contributed by atoms with Crippen LogP contribution in [0.15, 0.2) is 30.3 Å². The molecule has 2 aliphatic heterocycles. The highest BCUT2D eigenvalue weighted by atomic mass is 16.2. The molecule has 0 N–H and O–H groups in total. The third-order valence-electron chi connectivity index (χ3n) is 6.41. The lowest BCUT2D eigenvalue weighted by molar-refractivity contribution is -0.132. The molecule has 0 aliphatic carbocycles. The monoisotopic (exact) mass is 380 g/mol. The molecule has 2 aliphatic rings. The van der Waals surface area contributed by atoms with Crippen molar-refractivity contribution in [3.8, 4) is 0 Å². The fraction of sp³-hybridized carbons (Fsp3) is 0.565. The third-order valence-corrected chi connectivity index (χ3v) is 6.41. The maximum Gasteiger partial charge on any atom is 0.219 e. The van der Waals surface area contributed by atoms with E-state index in [4.69, 9.17) is 4.98 Å². The van der Waals surface area contributed by atoms with Gasteiger partial charge in [0.15, 0.2) is 0 Å². The van der Waals surface area contributed by atoms with E-state index in [1.165, 1.54) is 30.2 Å². The van der Waals surface area contributed by atoms with E-state index in [2.05, 4.69) is 53.1 Å². The van der Waals surface area contributed by atoms with E-state index < -0.39 is 0 Å². The largest absolute Gasteiger partial charge is 0.362 e. The fourth-order valence-electron chi connectivity index (χ4n) is 5.08. The van der Waals surface area contributed by atoms with Gasteiger partial charge in [0.1, 0.15) is 5.82 Å². The number of pyridine rings is 1. The van der Waals surface area contributed by atoms with E-state index >= 15 is 0 Å². The van der Waals surface area contributed by atoms with Crippen molar-refractivity contribution in [3.05, 3.63) is 35.9 Å². The highest BCUT2D eigenvalue weighted by molar-refractivity contribution is 5.81. The number of carbonyl (C=O) groups excluding carboxylic acids is 1. The zero-order chi connectivity index (χ0) is 19.7. The standard InChI is InChI=1S/C23H32N4O/c1-17(28)27-13-8-4-5-11-21-22(27)12-14-26(21)16-19-15-18-9-6-7-10-20(18)24-23(19)25(2)3/h6-7,9-10,15,21-22H,4-5,8,11-14,16H2,1-3H3/t21-,22+/m1/s1. The lowest BCUT2D eigenvalue weighted by Gasteiger charge is -2.37. The van der Waals surface area contributed by atoms with Crippen LogP contribution in [0.3, 0.4) is 0 Å². The topological polar surface area (TPSA) is 39.7 Å². The van der Waals surface area contributed by atoms with Crippen LogP contribution in [0.5, 0.6) is 0 Å². The fourth-order valence-corrected chi connectivity index (χ4v) is 5.08. The first kappa shape index (κ1) is 19.2. The van der Waals surface area contributed by atoms with Gasteiger partial charge in [-0.15, -0.1) is 0 Å². The second kappa shape index (κ2) is 8.08. The summed E-state index contributed by atoms with van der Waals surface area (Å²) >= 11 is 0. The van der Waals surface area contributed by atoms with Gasteiger partial charge in [0.2, 0.25) is 5.91 Å². The molecular formula is C23H32N4O. The normalized spacial score (nSPS) is 23.3. The molecule has 1 aromatic carbocycles. The Labute approximate surface area is 168 Å². The van der Waals surface area contributed by atoms with Crippen LogP contribution in [0.4, 0.5) is 5.82 Å². The summed E-state index contributed by atoms with van der Waals surface area (Å²) < 4.78 is 0. The molecule has 5 nitrogen and oxygen atoms in total. The Hall–Kier alpha value is -2.14. The molecule has 2 aromatic rings. The van der Waals surface area contributed by atoms with Crippen molar-refractivity contribution in [2.45, 2.75) is 57.7 Å². The van der Waals surface area contributed by atoms with Crippen molar-refractivity contribution >= 4 is 22.6 Å². The summed E-state index contributed by atoms with van der Waals surface area (Å²) in [6.45, 7) is 4.61. The molecule has 0 bridgehead atoms.